The van der Waals surface area contributed by atoms with E-state index in [1.807, 2.05) is 30.3 Å². The van der Waals surface area contributed by atoms with E-state index >= 15 is 0 Å². The van der Waals surface area contributed by atoms with Crippen LogP contribution in [0.25, 0.3) is 0 Å². The second-order valence-corrected chi connectivity index (χ2v) is 6.05. The Morgan fingerprint density at radius 3 is 2.76 bits per heavy atom. The molecule has 2 unspecified atom stereocenters. The van der Waals surface area contributed by atoms with Crippen LogP contribution in [0, 0.1) is 17.8 Å². The molecule has 0 aliphatic heterocycles. The summed E-state index contributed by atoms with van der Waals surface area (Å²) in [7, 11) is 1.80. The van der Waals surface area contributed by atoms with Crippen molar-refractivity contribution in [1.29, 1.82) is 0 Å². The molecule has 0 radical (unpaired) electrons. The Balaban J connectivity index is 1.83. The first-order valence-electron chi connectivity index (χ1n) is 7.70. The molecular formula is C18H21NO2. The Hall–Kier alpha value is -1.90. The molecule has 1 amide bonds. The smallest absolute Gasteiger partial charge is 0.230 e. The number of carbonyl (C=O) groups is 2. The standard InChI is InChI=1S/C18H21NO2/c1-19(14-9-3-2-4-10-14)18(21)15-11-5-7-13-8-6-12-16(20)17(13)15/h2-5,7,9-10,13,15,17H,6,8,11-12H2,1H3/t13?,15-,17?/m1/s1. The fourth-order valence-electron chi connectivity index (χ4n) is 3.66. The van der Waals surface area contributed by atoms with Crippen LogP contribution in [0.15, 0.2) is 42.5 Å². The number of ketones is 1. The highest BCUT2D eigenvalue weighted by Crippen LogP contribution is 2.39. The highest BCUT2D eigenvalue weighted by atomic mass is 16.2. The zero-order valence-electron chi connectivity index (χ0n) is 12.4. The number of amides is 1. The number of para-hydroxylation sites is 1. The van der Waals surface area contributed by atoms with Gasteiger partial charge in [0.05, 0.1) is 5.92 Å². The maximum absolute atomic E-state index is 12.8. The Bertz CT molecular complexity index is 564. The Morgan fingerprint density at radius 1 is 1.24 bits per heavy atom. The van der Waals surface area contributed by atoms with Gasteiger partial charge in [-0.2, -0.15) is 0 Å². The van der Waals surface area contributed by atoms with Crippen LogP contribution >= 0.6 is 0 Å². The summed E-state index contributed by atoms with van der Waals surface area (Å²) < 4.78 is 0. The molecule has 3 rings (SSSR count). The van der Waals surface area contributed by atoms with Gasteiger partial charge in [-0.25, -0.2) is 0 Å². The molecule has 0 N–H and O–H groups in total. The third-order valence-electron chi connectivity index (χ3n) is 4.79. The van der Waals surface area contributed by atoms with E-state index in [1.165, 1.54) is 0 Å². The zero-order valence-corrected chi connectivity index (χ0v) is 12.4. The summed E-state index contributed by atoms with van der Waals surface area (Å²) in [4.78, 5) is 26.8. The van der Waals surface area contributed by atoms with Crippen LogP contribution in [0.4, 0.5) is 5.69 Å². The SMILES string of the molecule is CN(C(=O)[C@@H]1CC=CC2CCCC(=O)C21)c1ccccc1. The number of hydrogen-bond donors (Lipinski definition) is 0. The molecule has 1 saturated carbocycles. The van der Waals surface area contributed by atoms with E-state index in [4.69, 9.17) is 0 Å². The van der Waals surface area contributed by atoms with Crippen molar-refractivity contribution < 1.29 is 9.59 Å². The van der Waals surface area contributed by atoms with Gasteiger partial charge in [-0.15, -0.1) is 0 Å². The number of fused-ring (bicyclic) bond motifs is 1. The quantitative estimate of drug-likeness (QED) is 0.782. The van der Waals surface area contributed by atoms with Crippen molar-refractivity contribution in [3.63, 3.8) is 0 Å². The summed E-state index contributed by atoms with van der Waals surface area (Å²) >= 11 is 0. The van der Waals surface area contributed by atoms with Gasteiger partial charge in [0.15, 0.2) is 0 Å². The van der Waals surface area contributed by atoms with Gasteiger partial charge in [-0.05, 0) is 37.3 Å². The van der Waals surface area contributed by atoms with E-state index < -0.39 is 0 Å². The average molecular weight is 283 g/mol. The molecule has 3 heteroatoms. The highest BCUT2D eigenvalue weighted by molar-refractivity contribution is 5.98. The van der Waals surface area contributed by atoms with Gasteiger partial charge in [-0.1, -0.05) is 30.4 Å². The van der Waals surface area contributed by atoms with Gasteiger partial charge in [0.1, 0.15) is 5.78 Å². The van der Waals surface area contributed by atoms with Gasteiger partial charge < -0.3 is 4.90 Å². The van der Waals surface area contributed by atoms with E-state index in [0.29, 0.717) is 12.8 Å². The van der Waals surface area contributed by atoms with Gasteiger partial charge in [-0.3, -0.25) is 9.59 Å². The van der Waals surface area contributed by atoms with Crippen LogP contribution in [0.1, 0.15) is 25.7 Å². The second kappa shape index (κ2) is 5.84. The number of anilines is 1. The van der Waals surface area contributed by atoms with Gasteiger partial charge in [0, 0.05) is 25.1 Å². The number of benzene rings is 1. The maximum atomic E-state index is 12.8. The molecule has 0 saturated heterocycles. The predicted octanol–water partition coefficient (Wildman–Crippen LogP) is 3.21. The molecule has 3 atom stereocenters. The van der Waals surface area contributed by atoms with E-state index in [1.54, 1.807) is 11.9 Å². The molecule has 1 aromatic rings. The molecule has 1 aromatic carbocycles. The van der Waals surface area contributed by atoms with Crippen molar-refractivity contribution in [2.75, 3.05) is 11.9 Å². The van der Waals surface area contributed by atoms with E-state index in [0.717, 1.165) is 18.5 Å². The molecule has 0 heterocycles. The van der Waals surface area contributed by atoms with E-state index in [-0.39, 0.29) is 29.4 Å². The largest absolute Gasteiger partial charge is 0.315 e. The van der Waals surface area contributed by atoms with Gasteiger partial charge >= 0.3 is 0 Å². The Kier molecular flexibility index (Phi) is 3.91. The molecule has 1 fully saturated rings. The molecule has 0 aromatic heterocycles. The lowest BCUT2D eigenvalue weighted by Gasteiger charge is -2.37. The van der Waals surface area contributed by atoms with Crippen molar-refractivity contribution in [2.45, 2.75) is 25.7 Å². The lowest BCUT2D eigenvalue weighted by Crippen LogP contribution is -2.44. The molecule has 2 aliphatic rings. The first-order valence-corrected chi connectivity index (χ1v) is 7.70. The van der Waals surface area contributed by atoms with Crippen LogP contribution in [0.2, 0.25) is 0 Å². The number of allylic oxidation sites excluding steroid dienone is 2. The van der Waals surface area contributed by atoms with Crippen molar-refractivity contribution in [3.8, 4) is 0 Å². The second-order valence-electron chi connectivity index (χ2n) is 6.05. The van der Waals surface area contributed by atoms with Crippen LogP contribution in [0.5, 0.6) is 0 Å². The molecule has 0 spiro atoms. The van der Waals surface area contributed by atoms with Crippen molar-refractivity contribution in [3.05, 3.63) is 42.5 Å². The molecule has 3 nitrogen and oxygen atoms in total. The van der Waals surface area contributed by atoms with Crippen LogP contribution in [0.3, 0.4) is 0 Å². The van der Waals surface area contributed by atoms with Crippen molar-refractivity contribution in [1.82, 2.24) is 0 Å². The first-order chi connectivity index (χ1) is 10.2. The monoisotopic (exact) mass is 283 g/mol. The summed E-state index contributed by atoms with van der Waals surface area (Å²) in [6, 6.07) is 9.64. The molecule has 21 heavy (non-hydrogen) atoms. The van der Waals surface area contributed by atoms with E-state index in [2.05, 4.69) is 12.2 Å². The summed E-state index contributed by atoms with van der Waals surface area (Å²) in [5.41, 5.74) is 0.886. The van der Waals surface area contributed by atoms with Crippen LogP contribution < -0.4 is 4.90 Å². The number of nitrogens with zero attached hydrogens (tertiary/aromatic N) is 1. The first kappa shape index (κ1) is 14.1. The zero-order chi connectivity index (χ0) is 14.8. The molecule has 110 valence electrons. The minimum absolute atomic E-state index is 0.0656. The van der Waals surface area contributed by atoms with Gasteiger partial charge in [0.25, 0.3) is 0 Å². The lowest BCUT2D eigenvalue weighted by molar-refractivity contribution is -0.135. The lowest BCUT2D eigenvalue weighted by atomic mass is 9.67. The van der Waals surface area contributed by atoms with Crippen molar-refractivity contribution >= 4 is 17.4 Å². The highest BCUT2D eigenvalue weighted by Gasteiger charge is 2.42. The topological polar surface area (TPSA) is 37.4 Å². The minimum atomic E-state index is -0.196. The Labute approximate surface area is 125 Å². The van der Waals surface area contributed by atoms with Crippen molar-refractivity contribution in [2.24, 2.45) is 17.8 Å². The molecular weight excluding hydrogens is 262 g/mol. The van der Waals surface area contributed by atoms with E-state index in [9.17, 15) is 9.59 Å². The number of hydrogen-bond acceptors (Lipinski definition) is 2. The maximum Gasteiger partial charge on any atom is 0.230 e. The third kappa shape index (κ3) is 2.65. The summed E-state index contributed by atoms with van der Waals surface area (Å²) in [6.07, 6.45) is 7.54. The minimum Gasteiger partial charge on any atom is -0.315 e. The average Bonchev–Trinajstić information content (AvgIpc) is 2.54. The Morgan fingerprint density at radius 2 is 2.00 bits per heavy atom. The normalized spacial score (nSPS) is 28.0. The number of rotatable bonds is 2. The number of carbonyl (C=O) groups excluding carboxylic acids is 2. The predicted molar refractivity (Wildman–Crippen MR) is 82.9 cm³/mol. The number of Topliss-reactive ketones (excluding diaryl/α,β-unsaturated/α-hetero) is 1. The van der Waals surface area contributed by atoms with Crippen LogP contribution in [-0.4, -0.2) is 18.7 Å². The summed E-state index contributed by atoms with van der Waals surface area (Å²) in [6.45, 7) is 0. The summed E-state index contributed by atoms with van der Waals surface area (Å²) in [5.74, 6) is 0.296. The molecule has 2 aliphatic carbocycles. The third-order valence-corrected chi connectivity index (χ3v) is 4.79. The summed E-state index contributed by atoms with van der Waals surface area (Å²) in [5, 5.41) is 0. The fraction of sp³-hybridized carbons (Fsp3) is 0.444. The van der Waals surface area contributed by atoms with Crippen LogP contribution in [-0.2, 0) is 9.59 Å². The fourth-order valence-corrected chi connectivity index (χ4v) is 3.66. The van der Waals surface area contributed by atoms with Gasteiger partial charge in [0.2, 0.25) is 5.91 Å². The molecule has 0 bridgehead atoms.